The Morgan fingerprint density at radius 2 is 1.90 bits per heavy atom. The van der Waals surface area contributed by atoms with E-state index >= 15 is 0 Å². The monoisotopic (exact) mass is 202 g/mol. The van der Waals surface area contributed by atoms with Gasteiger partial charge in [0.2, 0.25) is 0 Å². The van der Waals surface area contributed by atoms with Gasteiger partial charge in [0.05, 0.1) is 8.84 Å². The summed E-state index contributed by atoms with van der Waals surface area (Å²) in [6, 6.07) is 2.29. The molecule has 1 aromatic heterocycles. The van der Waals surface area contributed by atoms with E-state index in [1.54, 1.807) is 0 Å². The highest BCUT2D eigenvalue weighted by atomic mass is 35.5. The minimum Gasteiger partial charge on any atom is -0.234 e. The molecule has 1 heterocycles. The van der Waals surface area contributed by atoms with Gasteiger partial charge in [-0.05, 0) is 12.1 Å². The summed E-state index contributed by atoms with van der Waals surface area (Å²) in [5.41, 5.74) is 0. The summed E-state index contributed by atoms with van der Waals surface area (Å²) in [7, 11) is -5.58. The van der Waals surface area contributed by atoms with Crippen LogP contribution in [0.4, 0.5) is 12.3 Å². The molecule has 0 aromatic carbocycles. The molecule has 0 aliphatic heterocycles. The topological polar surface area (TPSA) is 0 Å². The molecule has 0 amide bonds. The van der Waals surface area contributed by atoms with E-state index in [9.17, 15) is 12.3 Å². The summed E-state index contributed by atoms with van der Waals surface area (Å²) in [6.07, 6.45) is 0. The van der Waals surface area contributed by atoms with Crippen molar-refractivity contribution >= 4 is 36.5 Å². The second-order valence-electron chi connectivity index (χ2n) is 1.60. The Morgan fingerprint density at radius 1 is 1.30 bits per heavy atom. The molecule has 0 saturated carbocycles. The molecule has 0 unspecified atom stereocenters. The van der Waals surface area contributed by atoms with Crippen molar-refractivity contribution in [1.82, 2.24) is 0 Å². The van der Waals surface area contributed by atoms with Crippen LogP contribution in [0.3, 0.4) is 0 Å². The van der Waals surface area contributed by atoms with Crippen LogP contribution in [0.5, 0.6) is 0 Å². The van der Waals surface area contributed by atoms with Crippen molar-refractivity contribution in [2.75, 3.05) is 0 Å². The summed E-state index contributed by atoms with van der Waals surface area (Å²) in [5.74, 6) is 0. The quantitative estimate of drug-likeness (QED) is 0.485. The highest BCUT2D eigenvalue weighted by Crippen LogP contribution is 2.19. The molecule has 1 aromatic rings. The molecule has 0 radical (unpaired) electrons. The lowest BCUT2D eigenvalue weighted by molar-refractivity contribution is 0.503. The summed E-state index contributed by atoms with van der Waals surface area (Å²) < 4.78 is 35.4. The van der Waals surface area contributed by atoms with Gasteiger partial charge in [-0.15, -0.1) is 11.3 Å². The number of hydrogen-bond donors (Lipinski definition) is 0. The van der Waals surface area contributed by atoms with E-state index in [4.69, 9.17) is 11.6 Å². The van der Waals surface area contributed by atoms with E-state index in [0.717, 1.165) is 6.07 Å². The van der Waals surface area contributed by atoms with Crippen LogP contribution in [0.2, 0.25) is 4.34 Å². The standard InChI is InChI=1S/C4H2ClF3SSi/c5-3-1-2-4(9-3)10(6,7)8/h1-2H. The minimum absolute atomic E-state index is 0.194. The molecule has 0 nitrogen and oxygen atoms in total. The fourth-order valence-corrected chi connectivity index (χ4v) is 2.52. The third kappa shape index (κ3) is 1.74. The number of thiophene rings is 1. The van der Waals surface area contributed by atoms with Gasteiger partial charge in [0, 0.05) is 0 Å². The number of halogens is 4. The van der Waals surface area contributed by atoms with Gasteiger partial charge in [-0.1, -0.05) is 11.6 Å². The second-order valence-corrected chi connectivity index (χ2v) is 5.21. The van der Waals surface area contributed by atoms with Gasteiger partial charge in [-0.2, -0.15) is 0 Å². The van der Waals surface area contributed by atoms with E-state index in [1.807, 2.05) is 0 Å². The van der Waals surface area contributed by atoms with Gasteiger partial charge in [-0.25, -0.2) is 12.3 Å². The van der Waals surface area contributed by atoms with E-state index in [1.165, 1.54) is 6.07 Å². The van der Waals surface area contributed by atoms with Gasteiger partial charge in [-0.3, -0.25) is 0 Å². The zero-order valence-corrected chi connectivity index (χ0v) is 7.15. The minimum atomic E-state index is -5.58. The molecule has 1 rings (SSSR count). The van der Waals surface area contributed by atoms with E-state index in [0.29, 0.717) is 11.3 Å². The maximum Gasteiger partial charge on any atom is 0.663 e. The Labute approximate surface area is 65.8 Å². The third-order valence-corrected chi connectivity index (χ3v) is 3.62. The summed E-state index contributed by atoms with van der Waals surface area (Å²) >= 11 is 5.90. The van der Waals surface area contributed by atoms with Gasteiger partial charge in [0.15, 0.2) is 0 Å². The lowest BCUT2D eigenvalue weighted by atomic mass is 10.7. The highest BCUT2D eigenvalue weighted by molar-refractivity contribution is 7.26. The van der Waals surface area contributed by atoms with Gasteiger partial charge < -0.3 is 0 Å². The summed E-state index contributed by atoms with van der Waals surface area (Å²) in [5, 5.41) is 0. The maximum atomic E-state index is 11.9. The SMILES string of the molecule is F[Si](F)(F)c1ccc(Cl)s1. The highest BCUT2D eigenvalue weighted by Gasteiger charge is 2.41. The van der Waals surface area contributed by atoms with E-state index in [2.05, 4.69) is 0 Å². The first-order chi connectivity index (χ1) is 4.50. The van der Waals surface area contributed by atoms with Crippen LogP contribution in [-0.4, -0.2) is 9.08 Å². The number of rotatable bonds is 1. The second kappa shape index (κ2) is 2.56. The van der Waals surface area contributed by atoms with Gasteiger partial charge in [0.1, 0.15) is 0 Å². The average molecular weight is 203 g/mol. The first kappa shape index (κ1) is 8.10. The van der Waals surface area contributed by atoms with Crippen molar-refractivity contribution in [3.8, 4) is 0 Å². The lowest BCUT2D eigenvalue weighted by Crippen LogP contribution is -2.30. The molecule has 10 heavy (non-hydrogen) atoms. The Morgan fingerprint density at radius 3 is 2.10 bits per heavy atom. The molecular formula is C4H2ClF3SSi. The first-order valence-corrected chi connectivity index (χ1v) is 5.15. The maximum absolute atomic E-state index is 11.9. The fraction of sp³-hybridized carbons (Fsp3) is 0. The van der Waals surface area contributed by atoms with Crippen molar-refractivity contribution in [1.29, 1.82) is 0 Å². The molecule has 0 saturated heterocycles. The van der Waals surface area contributed by atoms with Crippen molar-refractivity contribution in [3.05, 3.63) is 16.5 Å². The van der Waals surface area contributed by atoms with Crippen LogP contribution in [0.25, 0.3) is 0 Å². The zero-order valence-electron chi connectivity index (χ0n) is 4.57. The summed E-state index contributed by atoms with van der Waals surface area (Å²) in [4.78, 5) is 0. The Hall–Kier alpha value is -0.00312. The molecular weight excluding hydrogens is 201 g/mol. The molecule has 0 N–H and O–H groups in total. The average Bonchev–Trinajstić information content (AvgIpc) is 2.11. The van der Waals surface area contributed by atoms with Crippen molar-refractivity contribution < 1.29 is 12.3 Å². The smallest absolute Gasteiger partial charge is 0.234 e. The number of hydrogen-bond acceptors (Lipinski definition) is 1. The van der Waals surface area contributed by atoms with Crippen LogP contribution in [0.15, 0.2) is 12.1 Å². The Balaban J connectivity index is 2.96. The Bertz CT molecular complexity index is 231. The molecule has 0 aliphatic carbocycles. The van der Waals surface area contributed by atoms with Crippen molar-refractivity contribution in [2.45, 2.75) is 0 Å². The van der Waals surface area contributed by atoms with Crippen molar-refractivity contribution in [2.24, 2.45) is 0 Å². The fourth-order valence-electron chi connectivity index (χ4n) is 0.467. The van der Waals surface area contributed by atoms with Crippen LogP contribution in [0.1, 0.15) is 0 Å². The molecule has 0 bridgehead atoms. The molecule has 6 heteroatoms. The third-order valence-electron chi connectivity index (χ3n) is 0.853. The van der Waals surface area contributed by atoms with E-state index in [-0.39, 0.29) is 4.34 Å². The molecule has 0 atom stereocenters. The molecule has 0 aliphatic rings. The normalized spacial score (nSPS) is 12.0. The largest absolute Gasteiger partial charge is 0.663 e. The van der Waals surface area contributed by atoms with Crippen LogP contribution in [0, 0.1) is 0 Å². The van der Waals surface area contributed by atoms with Gasteiger partial charge >= 0.3 is 9.08 Å². The van der Waals surface area contributed by atoms with Crippen LogP contribution < -0.4 is 4.50 Å². The van der Waals surface area contributed by atoms with Gasteiger partial charge in [0.25, 0.3) is 0 Å². The Kier molecular flexibility index (Phi) is 2.07. The predicted octanol–water partition coefficient (Wildman–Crippen LogP) is 2.46. The van der Waals surface area contributed by atoms with E-state index < -0.39 is 13.6 Å². The predicted molar refractivity (Wildman–Crippen MR) is 38.0 cm³/mol. The summed E-state index contributed by atoms with van der Waals surface area (Å²) in [6.45, 7) is 0. The molecule has 0 fully saturated rings. The molecule has 0 spiro atoms. The van der Waals surface area contributed by atoms with Crippen LogP contribution in [-0.2, 0) is 0 Å². The first-order valence-electron chi connectivity index (χ1n) is 2.32. The molecule has 56 valence electrons. The van der Waals surface area contributed by atoms with Crippen LogP contribution >= 0.6 is 22.9 Å². The van der Waals surface area contributed by atoms with Crippen molar-refractivity contribution in [3.63, 3.8) is 0 Å². The lowest BCUT2D eigenvalue weighted by Gasteiger charge is -1.94. The zero-order chi connectivity index (χ0) is 7.78.